The van der Waals surface area contributed by atoms with Crippen LogP contribution < -0.4 is 10.5 Å². The fourth-order valence-electron chi connectivity index (χ4n) is 2.70. The fraction of sp³-hybridized carbons (Fsp3) is 0.562. The summed E-state index contributed by atoms with van der Waals surface area (Å²) in [6.07, 6.45) is 0. The van der Waals surface area contributed by atoms with Crippen LogP contribution in [0.3, 0.4) is 0 Å². The number of carbonyl (C=O) groups excluding carboxylic acids is 1. The maximum Gasteiger partial charge on any atom is 0.231 e. The second kappa shape index (κ2) is 7.43. The van der Waals surface area contributed by atoms with Gasteiger partial charge in [-0.2, -0.15) is 0 Å². The number of hydrogen-bond donors (Lipinski definition) is 1. The lowest BCUT2D eigenvalue weighted by atomic mass is 10.1. The van der Waals surface area contributed by atoms with Crippen LogP contribution >= 0.6 is 0 Å². The van der Waals surface area contributed by atoms with Crippen molar-refractivity contribution in [2.45, 2.75) is 13.8 Å². The molecule has 2 rings (SSSR count). The van der Waals surface area contributed by atoms with E-state index in [2.05, 4.69) is 41.8 Å². The van der Waals surface area contributed by atoms with Gasteiger partial charge in [0.2, 0.25) is 5.91 Å². The van der Waals surface area contributed by atoms with Crippen LogP contribution in [0.25, 0.3) is 0 Å². The lowest BCUT2D eigenvalue weighted by Crippen LogP contribution is -2.49. The Morgan fingerprint density at radius 1 is 1.14 bits per heavy atom. The number of primary amides is 1. The van der Waals surface area contributed by atoms with Crippen LogP contribution in [0, 0.1) is 13.8 Å². The van der Waals surface area contributed by atoms with Crippen molar-refractivity contribution >= 4 is 5.91 Å². The Bertz CT molecular complexity index is 462. The predicted molar refractivity (Wildman–Crippen MR) is 83.5 cm³/mol. The van der Waals surface area contributed by atoms with Crippen LogP contribution in [-0.4, -0.2) is 61.6 Å². The second-order valence-electron chi connectivity index (χ2n) is 5.65. The highest BCUT2D eigenvalue weighted by molar-refractivity contribution is 5.75. The highest BCUT2D eigenvalue weighted by atomic mass is 16.5. The molecule has 21 heavy (non-hydrogen) atoms. The van der Waals surface area contributed by atoms with Gasteiger partial charge < -0.3 is 10.5 Å². The molecule has 1 saturated heterocycles. The van der Waals surface area contributed by atoms with Gasteiger partial charge in [-0.05, 0) is 25.0 Å². The van der Waals surface area contributed by atoms with Crippen molar-refractivity contribution in [3.8, 4) is 5.75 Å². The Morgan fingerprint density at radius 2 is 1.71 bits per heavy atom. The maximum atomic E-state index is 10.9. The third-order valence-corrected chi connectivity index (χ3v) is 3.91. The molecule has 1 aliphatic heterocycles. The first-order valence-electron chi connectivity index (χ1n) is 7.48. The second-order valence-corrected chi connectivity index (χ2v) is 5.65. The number of carbonyl (C=O) groups is 1. The minimum absolute atomic E-state index is 0.248. The molecule has 2 N–H and O–H groups in total. The van der Waals surface area contributed by atoms with Crippen molar-refractivity contribution in [2.24, 2.45) is 5.73 Å². The summed E-state index contributed by atoms with van der Waals surface area (Å²) < 4.78 is 5.93. The number of ether oxygens (including phenoxy) is 1. The number of para-hydroxylation sites is 1. The summed E-state index contributed by atoms with van der Waals surface area (Å²) in [5, 5.41) is 0. The molecular weight excluding hydrogens is 266 g/mol. The molecule has 0 spiro atoms. The average Bonchev–Trinajstić information content (AvgIpc) is 2.43. The summed E-state index contributed by atoms with van der Waals surface area (Å²) in [7, 11) is 0. The Balaban J connectivity index is 1.72. The molecular formula is C16H25N3O2. The zero-order valence-corrected chi connectivity index (χ0v) is 13.0. The molecule has 5 heteroatoms. The highest BCUT2D eigenvalue weighted by Gasteiger charge is 2.17. The summed E-state index contributed by atoms with van der Waals surface area (Å²) in [4.78, 5) is 15.4. The molecule has 1 heterocycles. The minimum Gasteiger partial charge on any atom is -0.492 e. The third kappa shape index (κ3) is 4.72. The van der Waals surface area contributed by atoms with Crippen LogP contribution in [0.2, 0.25) is 0 Å². The van der Waals surface area contributed by atoms with Gasteiger partial charge in [-0.25, -0.2) is 0 Å². The third-order valence-electron chi connectivity index (χ3n) is 3.91. The van der Waals surface area contributed by atoms with Crippen LogP contribution in [0.1, 0.15) is 11.1 Å². The molecule has 0 radical (unpaired) electrons. The van der Waals surface area contributed by atoms with Crippen molar-refractivity contribution in [1.29, 1.82) is 0 Å². The Kier molecular flexibility index (Phi) is 5.59. The lowest BCUT2D eigenvalue weighted by molar-refractivity contribution is -0.119. The molecule has 1 aromatic carbocycles. The number of rotatable bonds is 6. The van der Waals surface area contributed by atoms with Gasteiger partial charge in [0.1, 0.15) is 12.4 Å². The molecule has 1 aromatic rings. The topological polar surface area (TPSA) is 58.8 Å². The molecule has 1 aliphatic rings. The van der Waals surface area contributed by atoms with Gasteiger partial charge in [-0.1, -0.05) is 18.2 Å². The molecule has 0 bridgehead atoms. The largest absolute Gasteiger partial charge is 0.492 e. The highest BCUT2D eigenvalue weighted by Crippen LogP contribution is 2.22. The van der Waals surface area contributed by atoms with Crippen molar-refractivity contribution in [1.82, 2.24) is 9.80 Å². The Labute approximate surface area is 126 Å². The molecule has 0 unspecified atom stereocenters. The van der Waals surface area contributed by atoms with E-state index in [0.29, 0.717) is 13.2 Å². The zero-order chi connectivity index (χ0) is 15.2. The quantitative estimate of drug-likeness (QED) is 0.842. The van der Waals surface area contributed by atoms with Gasteiger partial charge in [0, 0.05) is 32.7 Å². The number of piperazine rings is 1. The summed E-state index contributed by atoms with van der Waals surface area (Å²) >= 11 is 0. The van der Waals surface area contributed by atoms with Gasteiger partial charge in [0.05, 0.1) is 6.54 Å². The first-order chi connectivity index (χ1) is 10.1. The zero-order valence-electron chi connectivity index (χ0n) is 13.0. The number of hydrogen-bond acceptors (Lipinski definition) is 4. The molecule has 0 saturated carbocycles. The van der Waals surface area contributed by atoms with Gasteiger partial charge in [0.15, 0.2) is 0 Å². The summed E-state index contributed by atoms with van der Waals surface area (Å²) in [6.45, 7) is 9.84. The van der Waals surface area contributed by atoms with E-state index in [-0.39, 0.29) is 5.91 Å². The van der Waals surface area contributed by atoms with E-state index in [1.165, 1.54) is 11.1 Å². The molecule has 0 aliphatic carbocycles. The smallest absolute Gasteiger partial charge is 0.231 e. The standard InChI is InChI=1S/C16H25N3O2/c1-13-4-3-5-14(2)16(13)21-11-10-18-6-8-19(9-7-18)12-15(17)20/h3-5H,6-12H2,1-2H3,(H2,17,20). The minimum atomic E-state index is -0.248. The summed E-state index contributed by atoms with van der Waals surface area (Å²) in [5.41, 5.74) is 7.58. The molecule has 116 valence electrons. The number of nitrogens with two attached hydrogens (primary N) is 1. The van der Waals surface area contributed by atoms with E-state index in [9.17, 15) is 4.79 Å². The summed E-state index contributed by atoms with van der Waals surface area (Å²) in [5.74, 6) is 0.756. The van der Waals surface area contributed by atoms with Crippen molar-refractivity contribution in [2.75, 3.05) is 45.9 Å². The van der Waals surface area contributed by atoms with Crippen molar-refractivity contribution in [3.63, 3.8) is 0 Å². The molecule has 1 amide bonds. The van der Waals surface area contributed by atoms with E-state index in [1.54, 1.807) is 0 Å². The van der Waals surface area contributed by atoms with Gasteiger partial charge >= 0.3 is 0 Å². The predicted octanol–water partition coefficient (Wildman–Crippen LogP) is 0.785. The van der Waals surface area contributed by atoms with Crippen LogP contribution in [0.4, 0.5) is 0 Å². The average molecular weight is 291 g/mol. The Hall–Kier alpha value is -1.59. The van der Waals surface area contributed by atoms with Crippen molar-refractivity contribution in [3.05, 3.63) is 29.3 Å². The van der Waals surface area contributed by atoms with Gasteiger partial charge in [0.25, 0.3) is 0 Å². The lowest BCUT2D eigenvalue weighted by Gasteiger charge is -2.33. The molecule has 1 fully saturated rings. The molecule has 5 nitrogen and oxygen atoms in total. The Morgan fingerprint density at radius 3 is 2.29 bits per heavy atom. The summed E-state index contributed by atoms with van der Waals surface area (Å²) in [6, 6.07) is 6.20. The maximum absolute atomic E-state index is 10.9. The van der Waals surface area contributed by atoms with Crippen LogP contribution in [-0.2, 0) is 4.79 Å². The number of aryl methyl sites for hydroxylation is 2. The van der Waals surface area contributed by atoms with E-state index in [4.69, 9.17) is 10.5 Å². The SMILES string of the molecule is Cc1cccc(C)c1OCCN1CCN(CC(N)=O)CC1. The number of amides is 1. The van der Waals surface area contributed by atoms with E-state index in [0.717, 1.165) is 38.5 Å². The molecule has 0 atom stereocenters. The van der Waals surface area contributed by atoms with Gasteiger partial charge in [-0.15, -0.1) is 0 Å². The van der Waals surface area contributed by atoms with Crippen molar-refractivity contribution < 1.29 is 9.53 Å². The van der Waals surface area contributed by atoms with Crippen LogP contribution in [0.15, 0.2) is 18.2 Å². The first kappa shape index (κ1) is 15.8. The number of nitrogens with zero attached hydrogens (tertiary/aromatic N) is 2. The van der Waals surface area contributed by atoms with E-state index in [1.807, 2.05) is 0 Å². The van der Waals surface area contributed by atoms with E-state index >= 15 is 0 Å². The van der Waals surface area contributed by atoms with E-state index < -0.39 is 0 Å². The fourth-order valence-corrected chi connectivity index (χ4v) is 2.70. The van der Waals surface area contributed by atoms with Crippen LogP contribution in [0.5, 0.6) is 5.75 Å². The first-order valence-corrected chi connectivity index (χ1v) is 7.48. The van der Waals surface area contributed by atoms with Gasteiger partial charge in [-0.3, -0.25) is 14.6 Å². The number of benzene rings is 1. The normalized spacial score (nSPS) is 16.9. The monoisotopic (exact) mass is 291 g/mol. The molecule has 0 aromatic heterocycles.